The van der Waals surface area contributed by atoms with E-state index in [2.05, 4.69) is 0 Å². The Labute approximate surface area is 88.3 Å². The Morgan fingerprint density at radius 3 is 2.53 bits per heavy atom. The Morgan fingerprint density at radius 1 is 1.27 bits per heavy atom. The van der Waals surface area contributed by atoms with Gasteiger partial charge in [-0.3, -0.25) is 0 Å². The van der Waals surface area contributed by atoms with Gasteiger partial charge in [-0.25, -0.2) is 4.39 Å². The zero-order valence-electron chi connectivity index (χ0n) is 8.48. The number of anilines is 1. The largest absolute Gasteiger partial charge is 0.497 e. The summed E-state index contributed by atoms with van der Waals surface area (Å²) in [6, 6.07) is 6.42. The van der Waals surface area contributed by atoms with Crippen LogP contribution in [-0.2, 0) is 4.74 Å². The third kappa shape index (κ3) is 2.18. The molecule has 0 saturated heterocycles. The molecule has 0 bridgehead atoms. The average Bonchev–Trinajstić information content (AvgIpc) is 2.30. The van der Waals surface area contributed by atoms with Crippen molar-refractivity contribution in [1.29, 1.82) is 0 Å². The number of hydrogen-bond donors (Lipinski definition) is 0. The van der Waals surface area contributed by atoms with Crippen molar-refractivity contribution in [3.05, 3.63) is 54.2 Å². The highest BCUT2D eigenvalue weighted by molar-refractivity contribution is 5.51. The number of halogens is 1. The van der Waals surface area contributed by atoms with Gasteiger partial charge in [-0.2, -0.15) is 0 Å². The molecule has 1 heterocycles. The molecule has 0 amide bonds. The summed E-state index contributed by atoms with van der Waals surface area (Å²) >= 11 is 0. The number of methoxy groups -OCH3 is 1. The van der Waals surface area contributed by atoms with Gasteiger partial charge in [-0.1, -0.05) is 0 Å². The van der Waals surface area contributed by atoms with Gasteiger partial charge in [0.15, 0.2) is 0 Å². The van der Waals surface area contributed by atoms with Crippen LogP contribution in [-0.4, -0.2) is 13.7 Å². The van der Waals surface area contributed by atoms with Crippen molar-refractivity contribution in [3.8, 4) is 0 Å². The van der Waals surface area contributed by atoms with E-state index in [4.69, 9.17) is 4.74 Å². The van der Waals surface area contributed by atoms with Gasteiger partial charge in [-0.05, 0) is 36.4 Å². The smallest absolute Gasteiger partial charge is 0.123 e. The number of benzene rings is 1. The number of ether oxygens (including phenoxy) is 1. The standard InChI is InChI=1S/C12H12FNO/c1-15-12-6-8-14(9-7-12)11-4-2-10(13)3-5-11/h2-8H,9H2,1H3. The van der Waals surface area contributed by atoms with Gasteiger partial charge >= 0.3 is 0 Å². The topological polar surface area (TPSA) is 12.5 Å². The molecule has 0 N–H and O–H groups in total. The third-order valence-corrected chi connectivity index (χ3v) is 2.30. The molecular formula is C12H12FNO. The highest BCUT2D eigenvalue weighted by atomic mass is 19.1. The quantitative estimate of drug-likeness (QED) is 0.736. The Hall–Kier alpha value is -1.77. The lowest BCUT2D eigenvalue weighted by molar-refractivity contribution is 0.304. The summed E-state index contributed by atoms with van der Waals surface area (Å²) in [5.41, 5.74) is 0.971. The van der Waals surface area contributed by atoms with Crippen LogP contribution in [0.25, 0.3) is 0 Å². The molecule has 0 radical (unpaired) electrons. The maximum absolute atomic E-state index is 12.7. The van der Waals surface area contributed by atoms with Gasteiger partial charge in [-0.15, -0.1) is 0 Å². The van der Waals surface area contributed by atoms with Crippen LogP contribution in [0.1, 0.15) is 0 Å². The summed E-state index contributed by atoms with van der Waals surface area (Å²) < 4.78 is 17.8. The third-order valence-electron chi connectivity index (χ3n) is 2.30. The van der Waals surface area contributed by atoms with Crippen LogP contribution in [0.3, 0.4) is 0 Å². The molecule has 78 valence electrons. The number of rotatable bonds is 2. The van der Waals surface area contributed by atoms with E-state index in [1.807, 2.05) is 23.3 Å². The maximum atomic E-state index is 12.7. The fourth-order valence-electron chi connectivity index (χ4n) is 1.46. The molecular weight excluding hydrogens is 193 g/mol. The van der Waals surface area contributed by atoms with E-state index in [1.54, 1.807) is 19.2 Å². The molecule has 0 spiro atoms. The lowest BCUT2D eigenvalue weighted by Gasteiger charge is -2.22. The van der Waals surface area contributed by atoms with E-state index in [9.17, 15) is 4.39 Å². The molecule has 0 atom stereocenters. The second kappa shape index (κ2) is 4.17. The molecule has 2 nitrogen and oxygen atoms in total. The van der Waals surface area contributed by atoms with Gasteiger partial charge in [0, 0.05) is 18.4 Å². The summed E-state index contributed by atoms with van der Waals surface area (Å²) in [7, 11) is 1.64. The van der Waals surface area contributed by atoms with Crippen LogP contribution < -0.4 is 4.90 Å². The van der Waals surface area contributed by atoms with Crippen molar-refractivity contribution in [1.82, 2.24) is 0 Å². The van der Waals surface area contributed by atoms with Crippen LogP contribution in [0.5, 0.6) is 0 Å². The second-order valence-corrected chi connectivity index (χ2v) is 3.26. The van der Waals surface area contributed by atoms with E-state index in [1.165, 1.54) is 12.1 Å². The minimum atomic E-state index is -0.215. The zero-order chi connectivity index (χ0) is 10.7. The molecule has 0 aromatic heterocycles. The molecule has 1 aliphatic rings. The predicted octanol–water partition coefficient (Wildman–Crippen LogP) is 2.69. The minimum absolute atomic E-state index is 0.215. The van der Waals surface area contributed by atoms with Crippen LogP contribution in [0.15, 0.2) is 48.4 Å². The Balaban J connectivity index is 2.12. The van der Waals surface area contributed by atoms with E-state index < -0.39 is 0 Å². The van der Waals surface area contributed by atoms with E-state index in [-0.39, 0.29) is 5.82 Å². The summed E-state index contributed by atoms with van der Waals surface area (Å²) in [6.45, 7) is 0.741. The summed E-state index contributed by atoms with van der Waals surface area (Å²) in [5.74, 6) is 0.640. The van der Waals surface area contributed by atoms with Gasteiger partial charge in [0.05, 0.1) is 7.11 Å². The first-order chi connectivity index (χ1) is 7.29. The van der Waals surface area contributed by atoms with Crippen LogP contribution in [0, 0.1) is 5.82 Å². The van der Waals surface area contributed by atoms with E-state index in [0.29, 0.717) is 0 Å². The Bertz CT molecular complexity index is 395. The molecule has 15 heavy (non-hydrogen) atoms. The lowest BCUT2D eigenvalue weighted by atomic mass is 10.2. The zero-order valence-corrected chi connectivity index (χ0v) is 8.48. The van der Waals surface area contributed by atoms with Crippen molar-refractivity contribution < 1.29 is 9.13 Å². The minimum Gasteiger partial charge on any atom is -0.497 e. The summed E-state index contributed by atoms with van der Waals surface area (Å²) in [4.78, 5) is 2.02. The molecule has 0 saturated carbocycles. The van der Waals surface area contributed by atoms with Crippen LogP contribution in [0.4, 0.5) is 10.1 Å². The molecule has 0 aliphatic carbocycles. The van der Waals surface area contributed by atoms with Crippen molar-refractivity contribution >= 4 is 5.69 Å². The van der Waals surface area contributed by atoms with Crippen molar-refractivity contribution in [2.45, 2.75) is 0 Å². The first-order valence-electron chi connectivity index (χ1n) is 4.74. The molecule has 3 heteroatoms. The summed E-state index contributed by atoms with van der Waals surface area (Å²) in [5, 5.41) is 0. The van der Waals surface area contributed by atoms with Crippen molar-refractivity contribution in [3.63, 3.8) is 0 Å². The normalized spacial score (nSPS) is 15.1. The predicted molar refractivity (Wildman–Crippen MR) is 58.0 cm³/mol. The van der Waals surface area contributed by atoms with Crippen LogP contribution in [0.2, 0.25) is 0 Å². The number of hydrogen-bond acceptors (Lipinski definition) is 2. The molecule has 1 aliphatic heterocycles. The average molecular weight is 205 g/mol. The monoisotopic (exact) mass is 205 g/mol. The SMILES string of the molecule is COC1=CCN(c2ccc(F)cc2)C=C1. The molecule has 2 rings (SSSR count). The second-order valence-electron chi connectivity index (χ2n) is 3.26. The first kappa shape index (κ1) is 9.77. The van der Waals surface area contributed by atoms with Gasteiger partial charge in [0.2, 0.25) is 0 Å². The van der Waals surface area contributed by atoms with Gasteiger partial charge in [0.1, 0.15) is 11.6 Å². The summed E-state index contributed by atoms with van der Waals surface area (Å²) in [6.07, 6.45) is 5.78. The van der Waals surface area contributed by atoms with Crippen LogP contribution >= 0.6 is 0 Å². The van der Waals surface area contributed by atoms with E-state index in [0.717, 1.165) is 18.0 Å². The van der Waals surface area contributed by atoms with E-state index >= 15 is 0 Å². The first-order valence-corrected chi connectivity index (χ1v) is 4.74. The fourth-order valence-corrected chi connectivity index (χ4v) is 1.46. The fraction of sp³-hybridized carbons (Fsp3) is 0.167. The Morgan fingerprint density at radius 2 is 2.00 bits per heavy atom. The number of nitrogens with zero attached hydrogens (tertiary/aromatic N) is 1. The molecule has 1 aromatic rings. The number of allylic oxidation sites excluding steroid dienone is 1. The van der Waals surface area contributed by atoms with Gasteiger partial charge in [0.25, 0.3) is 0 Å². The Kier molecular flexibility index (Phi) is 2.72. The maximum Gasteiger partial charge on any atom is 0.123 e. The lowest BCUT2D eigenvalue weighted by Crippen LogP contribution is -2.18. The highest BCUT2D eigenvalue weighted by Crippen LogP contribution is 2.18. The highest BCUT2D eigenvalue weighted by Gasteiger charge is 2.06. The molecule has 1 aromatic carbocycles. The van der Waals surface area contributed by atoms with Gasteiger partial charge < -0.3 is 9.64 Å². The van der Waals surface area contributed by atoms with Crippen molar-refractivity contribution in [2.75, 3.05) is 18.6 Å². The molecule has 0 fully saturated rings. The molecule has 0 unspecified atom stereocenters. The van der Waals surface area contributed by atoms with Crippen molar-refractivity contribution in [2.24, 2.45) is 0 Å².